The van der Waals surface area contributed by atoms with Gasteiger partial charge in [-0.15, -0.1) is 11.8 Å². The second-order valence-corrected chi connectivity index (χ2v) is 5.64. The van der Waals surface area contributed by atoms with Crippen LogP contribution in [0.5, 0.6) is 0 Å². The Morgan fingerprint density at radius 1 is 1.19 bits per heavy atom. The van der Waals surface area contributed by atoms with Crippen LogP contribution in [0.25, 0.3) is 0 Å². The Kier molecular flexibility index (Phi) is 2.64. The zero-order valence-electron chi connectivity index (χ0n) is 8.96. The van der Waals surface area contributed by atoms with Crippen LogP contribution in [0.4, 0.5) is 0 Å². The maximum atomic E-state index is 11.7. The molecule has 1 aliphatic heterocycles. The van der Waals surface area contributed by atoms with Crippen LogP contribution < -0.4 is 0 Å². The average Bonchev–Trinajstić information content (AvgIpc) is 2.84. The normalized spacial score (nSPS) is 32.5. The third kappa shape index (κ3) is 1.73. The summed E-state index contributed by atoms with van der Waals surface area (Å²) >= 11 is 1.66. The molecule has 0 unspecified atom stereocenters. The Morgan fingerprint density at radius 3 is 2.81 bits per heavy atom. The van der Waals surface area contributed by atoms with E-state index in [9.17, 15) is 4.79 Å². The minimum Gasteiger partial charge on any atom is -0.461 e. The average molecular weight is 234 g/mol. The molecule has 0 spiro atoms. The van der Waals surface area contributed by atoms with Gasteiger partial charge in [-0.2, -0.15) is 0 Å². The van der Waals surface area contributed by atoms with E-state index in [0.29, 0.717) is 5.92 Å². The highest BCUT2D eigenvalue weighted by atomic mass is 32.2. The van der Waals surface area contributed by atoms with E-state index in [0.717, 1.165) is 17.7 Å². The summed E-state index contributed by atoms with van der Waals surface area (Å²) in [5.41, 5.74) is 0. The van der Waals surface area contributed by atoms with Gasteiger partial charge in [0.15, 0.2) is 0 Å². The summed E-state index contributed by atoms with van der Waals surface area (Å²) in [7, 11) is 0. The molecule has 3 heteroatoms. The minimum absolute atomic E-state index is 0.0106. The number of hydrogen-bond acceptors (Lipinski definition) is 3. The molecule has 0 aromatic heterocycles. The molecule has 0 bridgehead atoms. The van der Waals surface area contributed by atoms with Gasteiger partial charge in [-0.25, -0.2) is 0 Å². The SMILES string of the molecule is O=C1O[C@H]2CCC[C@@H]2[C@H]1Sc1ccccc1. The first-order valence-corrected chi connectivity index (χ1v) is 6.65. The smallest absolute Gasteiger partial charge is 0.320 e. The summed E-state index contributed by atoms with van der Waals surface area (Å²) in [6, 6.07) is 10.1. The van der Waals surface area contributed by atoms with Crippen LogP contribution in [0.1, 0.15) is 19.3 Å². The van der Waals surface area contributed by atoms with Crippen molar-refractivity contribution >= 4 is 17.7 Å². The Labute approximate surface area is 99.4 Å². The fraction of sp³-hybridized carbons (Fsp3) is 0.462. The lowest BCUT2D eigenvalue weighted by Gasteiger charge is -2.12. The number of thioether (sulfide) groups is 1. The van der Waals surface area contributed by atoms with Gasteiger partial charge in [0.2, 0.25) is 0 Å². The zero-order valence-corrected chi connectivity index (χ0v) is 9.78. The summed E-state index contributed by atoms with van der Waals surface area (Å²) in [5.74, 6) is 0.432. The Hall–Kier alpha value is -0.960. The van der Waals surface area contributed by atoms with Gasteiger partial charge in [0.05, 0.1) is 0 Å². The van der Waals surface area contributed by atoms with Gasteiger partial charge in [0, 0.05) is 10.8 Å². The molecule has 1 saturated carbocycles. The summed E-state index contributed by atoms with van der Waals surface area (Å²) in [5, 5.41) is 0.0231. The zero-order chi connectivity index (χ0) is 11.0. The first kappa shape index (κ1) is 10.2. The van der Waals surface area contributed by atoms with Crippen molar-refractivity contribution in [3.63, 3.8) is 0 Å². The molecule has 1 aromatic rings. The molecule has 3 atom stereocenters. The second-order valence-electron chi connectivity index (χ2n) is 4.42. The molecule has 84 valence electrons. The van der Waals surface area contributed by atoms with Gasteiger partial charge < -0.3 is 4.74 Å². The number of esters is 1. The van der Waals surface area contributed by atoms with E-state index >= 15 is 0 Å². The third-order valence-corrected chi connectivity index (χ3v) is 4.74. The Morgan fingerprint density at radius 2 is 2.00 bits per heavy atom. The van der Waals surface area contributed by atoms with Gasteiger partial charge in [-0.05, 0) is 31.4 Å². The highest BCUT2D eigenvalue weighted by molar-refractivity contribution is 8.00. The Bertz CT molecular complexity index is 390. The lowest BCUT2D eigenvalue weighted by atomic mass is 10.0. The van der Waals surface area contributed by atoms with Crippen LogP contribution in [-0.4, -0.2) is 17.3 Å². The molecule has 1 aliphatic carbocycles. The van der Waals surface area contributed by atoms with Crippen molar-refractivity contribution < 1.29 is 9.53 Å². The Balaban J connectivity index is 1.77. The standard InChI is InChI=1S/C13H14O2S/c14-13-12(10-7-4-8-11(10)15-13)16-9-5-2-1-3-6-9/h1-3,5-6,10-12H,4,7-8H2/t10-,11-,12+/m0/s1. The van der Waals surface area contributed by atoms with Crippen molar-refractivity contribution in [2.45, 2.75) is 35.5 Å². The quantitative estimate of drug-likeness (QED) is 0.736. The largest absolute Gasteiger partial charge is 0.461 e. The van der Waals surface area contributed by atoms with Crippen LogP contribution in [0, 0.1) is 5.92 Å². The molecule has 16 heavy (non-hydrogen) atoms. The molecular formula is C13H14O2S. The van der Waals surface area contributed by atoms with E-state index in [1.54, 1.807) is 11.8 Å². The van der Waals surface area contributed by atoms with E-state index < -0.39 is 0 Å². The molecule has 0 amide bonds. The summed E-state index contributed by atoms with van der Waals surface area (Å²) in [6.45, 7) is 0. The molecule has 1 saturated heterocycles. The highest BCUT2D eigenvalue weighted by Crippen LogP contribution is 2.44. The molecule has 0 N–H and O–H groups in total. The van der Waals surface area contributed by atoms with Gasteiger partial charge in [0.1, 0.15) is 11.4 Å². The van der Waals surface area contributed by atoms with Crippen molar-refractivity contribution in [1.82, 2.24) is 0 Å². The van der Waals surface area contributed by atoms with Crippen LogP contribution >= 0.6 is 11.8 Å². The number of benzene rings is 1. The molecule has 2 nitrogen and oxygen atoms in total. The van der Waals surface area contributed by atoms with Crippen molar-refractivity contribution in [3.8, 4) is 0 Å². The fourth-order valence-electron chi connectivity index (χ4n) is 2.62. The van der Waals surface area contributed by atoms with Gasteiger partial charge in [0.25, 0.3) is 0 Å². The van der Waals surface area contributed by atoms with E-state index in [1.165, 1.54) is 6.42 Å². The number of rotatable bonds is 2. The minimum atomic E-state index is -0.0106. The van der Waals surface area contributed by atoms with Gasteiger partial charge >= 0.3 is 5.97 Å². The molecule has 1 heterocycles. The third-order valence-electron chi connectivity index (χ3n) is 3.40. The molecule has 1 aromatic carbocycles. The summed E-state index contributed by atoms with van der Waals surface area (Å²) in [4.78, 5) is 12.9. The topological polar surface area (TPSA) is 26.3 Å². The first-order valence-electron chi connectivity index (χ1n) is 5.77. The monoisotopic (exact) mass is 234 g/mol. The molecule has 0 radical (unpaired) electrons. The van der Waals surface area contributed by atoms with E-state index in [4.69, 9.17) is 4.74 Å². The summed E-state index contributed by atoms with van der Waals surface area (Å²) in [6.07, 6.45) is 3.60. The predicted molar refractivity (Wildman–Crippen MR) is 63.3 cm³/mol. The molecule has 2 aliphatic rings. The molecule has 3 rings (SSSR count). The van der Waals surface area contributed by atoms with E-state index in [-0.39, 0.29) is 17.3 Å². The number of carbonyl (C=O) groups is 1. The first-order chi connectivity index (χ1) is 7.84. The number of fused-ring (bicyclic) bond motifs is 1. The molecular weight excluding hydrogens is 220 g/mol. The van der Waals surface area contributed by atoms with Crippen molar-refractivity contribution in [1.29, 1.82) is 0 Å². The van der Waals surface area contributed by atoms with Crippen molar-refractivity contribution in [3.05, 3.63) is 30.3 Å². The highest BCUT2D eigenvalue weighted by Gasteiger charge is 2.47. The number of carbonyl (C=O) groups excluding carboxylic acids is 1. The van der Waals surface area contributed by atoms with Crippen LogP contribution in [0.15, 0.2) is 35.2 Å². The maximum Gasteiger partial charge on any atom is 0.320 e. The molecule has 2 fully saturated rings. The van der Waals surface area contributed by atoms with Crippen LogP contribution in [-0.2, 0) is 9.53 Å². The van der Waals surface area contributed by atoms with Crippen LogP contribution in [0.2, 0.25) is 0 Å². The van der Waals surface area contributed by atoms with Gasteiger partial charge in [-0.3, -0.25) is 4.79 Å². The number of ether oxygens (including phenoxy) is 1. The maximum absolute atomic E-state index is 11.7. The predicted octanol–water partition coefficient (Wildman–Crippen LogP) is 2.87. The van der Waals surface area contributed by atoms with Crippen LogP contribution in [0.3, 0.4) is 0 Å². The summed E-state index contributed by atoms with van der Waals surface area (Å²) < 4.78 is 5.41. The van der Waals surface area contributed by atoms with E-state index in [1.807, 2.05) is 18.2 Å². The lowest BCUT2D eigenvalue weighted by Crippen LogP contribution is -2.18. The van der Waals surface area contributed by atoms with Gasteiger partial charge in [-0.1, -0.05) is 18.2 Å². The fourth-order valence-corrected chi connectivity index (χ4v) is 3.86. The number of hydrogen-bond donors (Lipinski definition) is 0. The lowest BCUT2D eigenvalue weighted by molar-refractivity contribution is -0.141. The van der Waals surface area contributed by atoms with Crippen molar-refractivity contribution in [2.24, 2.45) is 5.92 Å². The second kappa shape index (κ2) is 4.13. The van der Waals surface area contributed by atoms with E-state index in [2.05, 4.69) is 12.1 Å². The van der Waals surface area contributed by atoms with Crippen molar-refractivity contribution in [2.75, 3.05) is 0 Å².